The highest BCUT2D eigenvalue weighted by atomic mass is 32.2. The molecule has 0 radical (unpaired) electrons. The van der Waals surface area contributed by atoms with Crippen LogP contribution in [0, 0.1) is 5.92 Å². The number of carbonyl (C=O) groups is 4. The highest BCUT2D eigenvalue weighted by Crippen LogP contribution is 2.48. The number of aryl methyl sites for hydroxylation is 1. The van der Waals surface area contributed by atoms with Gasteiger partial charge in [-0.3, -0.25) is 19.1 Å². The van der Waals surface area contributed by atoms with Gasteiger partial charge in [0.25, 0.3) is 5.91 Å². The topological polar surface area (TPSA) is 186 Å². The number of nitrogens with zero attached hydrogens (tertiary/aromatic N) is 2. The first-order valence-corrected chi connectivity index (χ1v) is 24.1. The molecular formula is C45H53N5O9S2. The van der Waals surface area contributed by atoms with Gasteiger partial charge in [0.2, 0.25) is 21.8 Å². The van der Waals surface area contributed by atoms with Gasteiger partial charge in [0.1, 0.15) is 40.9 Å². The van der Waals surface area contributed by atoms with Crippen LogP contribution in [-0.4, -0.2) is 83.2 Å². The SMILES string of the molecule is CCc1ccc(-c2cc(O[C@@H]3C[C@H]4C(=O)N[C@]5(C(=O)NS(=O)(=O)C6(C)CC6)C[C@H]5/C=C\CCCCC[C@H](NC(=O)OC5CCCC5)C(=O)N4C3)c3oc4ccccc4c3n2)s1. The first kappa shape index (κ1) is 41.4. The van der Waals surface area contributed by atoms with Crippen molar-refractivity contribution >= 4 is 67.2 Å². The number of nitrogens with one attached hydrogen (secondary N) is 3. The minimum atomic E-state index is -4.00. The summed E-state index contributed by atoms with van der Waals surface area (Å²) in [6, 6.07) is 11.4. The van der Waals surface area contributed by atoms with E-state index in [1.54, 1.807) is 18.3 Å². The van der Waals surface area contributed by atoms with Crippen molar-refractivity contribution in [1.29, 1.82) is 0 Å². The third kappa shape index (κ3) is 8.25. The van der Waals surface area contributed by atoms with Crippen LogP contribution in [0.5, 0.6) is 5.75 Å². The van der Waals surface area contributed by atoms with E-state index in [1.165, 1.54) is 9.78 Å². The van der Waals surface area contributed by atoms with Crippen molar-refractivity contribution in [2.45, 2.75) is 138 Å². The average Bonchev–Trinajstić information content (AvgIpc) is 3.73. The number of thiophene rings is 1. The molecule has 1 aromatic carbocycles. The summed E-state index contributed by atoms with van der Waals surface area (Å²) >= 11 is 1.64. The Kier molecular flexibility index (Phi) is 11.1. The fourth-order valence-electron chi connectivity index (χ4n) is 9.03. The number of aromatic nitrogens is 1. The molecule has 5 atom stereocenters. The van der Waals surface area contributed by atoms with Crippen molar-refractivity contribution in [3.05, 3.63) is 59.5 Å². The van der Waals surface area contributed by atoms with Gasteiger partial charge >= 0.3 is 6.09 Å². The minimum Gasteiger partial charge on any atom is -0.484 e. The molecule has 0 unspecified atom stereocenters. The van der Waals surface area contributed by atoms with Crippen molar-refractivity contribution in [3.8, 4) is 16.3 Å². The number of hydrogen-bond acceptors (Lipinski definition) is 11. The molecule has 61 heavy (non-hydrogen) atoms. The molecule has 5 heterocycles. The Morgan fingerprint density at radius 3 is 2.59 bits per heavy atom. The number of sulfonamides is 1. The number of alkyl carbamates (subject to hydrolysis) is 1. The highest BCUT2D eigenvalue weighted by molar-refractivity contribution is 7.91. The number of carbonyl (C=O) groups excluding carboxylic acids is 4. The van der Waals surface area contributed by atoms with Gasteiger partial charge in [-0.15, -0.1) is 11.3 Å². The Hall–Kier alpha value is -4.96. The highest BCUT2D eigenvalue weighted by Gasteiger charge is 2.63. The zero-order valence-electron chi connectivity index (χ0n) is 34.6. The van der Waals surface area contributed by atoms with E-state index in [2.05, 4.69) is 28.3 Å². The van der Waals surface area contributed by atoms with Crippen LogP contribution in [0.15, 0.2) is 59.0 Å². The third-order valence-corrected chi connectivity index (χ3v) is 16.6. The number of hydrogen-bond donors (Lipinski definition) is 3. The maximum Gasteiger partial charge on any atom is 0.408 e. The van der Waals surface area contributed by atoms with E-state index in [0.717, 1.165) is 55.2 Å². The van der Waals surface area contributed by atoms with E-state index in [-0.39, 0.29) is 25.5 Å². The van der Waals surface area contributed by atoms with Crippen LogP contribution < -0.4 is 20.1 Å². The van der Waals surface area contributed by atoms with Crippen LogP contribution in [0.3, 0.4) is 0 Å². The largest absolute Gasteiger partial charge is 0.484 e. The van der Waals surface area contributed by atoms with Crippen LogP contribution in [0.2, 0.25) is 0 Å². The zero-order chi connectivity index (χ0) is 42.5. The predicted octanol–water partition coefficient (Wildman–Crippen LogP) is 7.05. The van der Waals surface area contributed by atoms with Gasteiger partial charge in [0.05, 0.1) is 21.9 Å². The predicted molar refractivity (Wildman–Crippen MR) is 230 cm³/mol. The molecular weight excluding hydrogens is 819 g/mol. The first-order valence-electron chi connectivity index (χ1n) is 21.8. The molecule has 14 nitrogen and oxygen atoms in total. The van der Waals surface area contributed by atoms with Gasteiger partial charge in [-0.2, -0.15) is 0 Å². The van der Waals surface area contributed by atoms with Crippen LogP contribution in [0.4, 0.5) is 4.79 Å². The summed E-state index contributed by atoms with van der Waals surface area (Å²) in [7, 11) is -4.00. The lowest BCUT2D eigenvalue weighted by atomic mass is 10.0. The number of allylic oxidation sites excluding steroid dienone is 1. The van der Waals surface area contributed by atoms with Crippen molar-refractivity contribution in [2.75, 3.05) is 6.54 Å². The number of pyridine rings is 1. The smallest absolute Gasteiger partial charge is 0.408 e. The second kappa shape index (κ2) is 16.4. The number of benzene rings is 1. The maximum absolute atomic E-state index is 14.8. The van der Waals surface area contributed by atoms with Gasteiger partial charge in [-0.25, -0.2) is 18.2 Å². The molecule has 4 fully saturated rings. The van der Waals surface area contributed by atoms with Crippen molar-refractivity contribution < 1.29 is 41.5 Å². The van der Waals surface area contributed by atoms with Crippen LogP contribution in [-0.2, 0) is 35.6 Å². The molecule has 2 aliphatic heterocycles. The number of ether oxygens (including phenoxy) is 2. The number of fused-ring (bicyclic) bond motifs is 5. The normalized spacial score (nSPS) is 27.3. The Bertz CT molecular complexity index is 2500. The minimum absolute atomic E-state index is 0.0135. The molecule has 0 bridgehead atoms. The lowest BCUT2D eigenvalue weighted by molar-refractivity contribution is -0.141. The fraction of sp³-hybridized carbons (Fsp3) is 0.533. The average molecular weight is 872 g/mol. The maximum atomic E-state index is 14.8. The number of furan rings is 1. The molecule has 3 saturated carbocycles. The van der Waals surface area contributed by atoms with Crippen molar-refractivity contribution in [2.24, 2.45) is 5.92 Å². The lowest BCUT2D eigenvalue weighted by Gasteiger charge is -2.30. The van der Waals surface area contributed by atoms with Crippen LogP contribution >= 0.6 is 11.3 Å². The monoisotopic (exact) mass is 871 g/mol. The lowest BCUT2D eigenvalue weighted by Crippen LogP contribution is -2.58. The van der Waals surface area contributed by atoms with Crippen molar-refractivity contribution in [1.82, 2.24) is 25.2 Å². The second-order valence-corrected chi connectivity index (χ2v) is 21.0. The van der Waals surface area contributed by atoms with E-state index in [1.807, 2.05) is 48.6 Å². The Balaban J connectivity index is 1.05. The second-order valence-electron chi connectivity index (χ2n) is 17.6. The molecule has 5 aliphatic rings. The van der Waals surface area contributed by atoms with E-state index >= 15 is 0 Å². The quantitative estimate of drug-likeness (QED) is 0.147. The first-order chi connectivity index (χ1) is 29.4. The molecule has 3 aromatic heterocycles. The summed E-state index contributed by atoms with van der Waals surface area (Å²) in [5.74, 6) is -1.91. The van der Waals surface area contributed by atoms with Gasteiger partial charge in [0.15, 0.2) is 11.3 Å². The third-order valence-electron chi connectivity index (χ3n) is 13.2. The molecule has 9 rings (SSSR count). The summed E-state index contributed by atoms with van der Waals surface area (Å²) in [5, 5.41) is 6.61. The standard InChI is InChI=1S/C45H53N5O9S2/c1-3-30-19-20-37(60-30)33-24-36(39-38(46-33)31-16-11-12-18-35(31)59-39)57-29-23-34-40(51)48-45(42(53)49-61(55,56)44(2)21-22-44)25-27(45)13-7-5-4-6-8-17-32(41(52)50(34)26-29)47-43(54)58-28-14-9-10-15-28/h7,11-13,16,18-20,24,27-29,32,34H,3-6,8-10,14-15,17,21-23,25-26H2,1-2H3,(H,47,54)(H,48,51)(H,49,53)/b13-7-/t27-,29-,32+,34+,45-/m1/s1. The van der Waals surface area contributed by atoms with E-state index in [0.29, 0.717) is 60.2 Å². The summed E-state index contributed by atoms with van der Waals surface area (Å²) in [5.41, 5.74) is 0.855. The van der Waals surface area contributed by atoms with Gasteiger partial charge < -0.3 is 29.4 Å². The summed E-state index contributed by atoms with van der Waals surface area (Å²) in [6.07, 6.45) is 11.0. The molecule has 3 aliphatic carbocycles. The Morgan fingerprint density at radius 1 is 1.03 bits per heavy atom. The fourth-order valence-corrected chi connectivity index (χ4v) is 11.3. The number of para-hydroxylation sites is 1. The molecule has 4 amide bonds. The van der Waals surface area contributed by atoms with Crippen molar-refractivity contribution in [3.63, 3.8) is 0 Å². The summed E-state index contributed by atoms with van der Waals surface area (Å²) < 4.78 is 46.7. The zero-order valence-corrected chi connectivity index (χ0v) is 36.2. The summed E-state index contributed by atoms with van der Waals surface area (Å²) in [4.78, 5) is 65.4. The van der Waals surface area contributed by atoms with E-state index in [4.69, 9.17) is 18.9 Å². The summed E-state index contributed by atoms with van der Waals surface area (Å²) in [6.45, 7) is 3.69. The number of rotatable bonds is 9. The molecule has 1 saturated heterocycles. The molecule has 16 heteroatoms. The molecule has 4 aromatic rings. The number of amides is 4. The molecule has 3 N–H and O–H groups in total. The van der Waals surface area contributed by atoms with E-state index in [9.17, 15) is 27.6 Å². The van der Waals surface area contributed by atoms with Gasteiger partial charge in [0, 0.05) is 28.7 Å². The Labute approximate surface area is 359 Å². The Morgan fingerprint density at radius 2 is 1.82 bits per heavy atom. The van der Waals surface area contributed by atoms with Crippen LogP contribution in [0.25, 0.3) is 32.6 Å². The van der Waals surface area contributed by atoms with Gasteiger partial charge in [-0.05, 0) is 102 Å². The molecule has 324 valence electrons. The van der Waals surface area contributed by atoms with E-state index < -0.39 is 68.2 Å². The van der Waals surface area contributed by atoms with Gasteiger partial charge in [-0.1, -0.05) is 44.1 Å². The molecule has 0 spiro atoms. The van der Waals surface area contributed by atoms with Crippen LogP contribution in [0.1, 0.15) is 102 Å².